The molecule has 0 saturated carbocycles. The van der Waals surface area contributed by atoms with E-state index in [0.717, 1.165) is 0 Å². The SMILES string of the molecule is CCOc1nccc2c1C(c1cccc3c(=O)cc(C)oc13)C(C(N)=O)C(C)=N2. The molecule has 0 aliphatic carbocycles. The van der Waals surface area contributed by atoms with Crippen molar-refractivity contribution in [3.8, 4) is 5.88 Å². The van der Waals surface area contributed by atoms with E-state index in [9.17, 15) is 9.59 Å². The third kappa shape index (κ3) is 3.08. The van der Waals surface area contributed by atoms with Crippen molar-refractivity contribution >= 4 is 28.3 Å². The van der Waals surface area contributed by atoms with Gasteiger partial charge in [-0.25, -0.2) is 4.98 Å². The quantitative estimate of drug-likeness (QED) is 0.734. The average Bonchev–Trinajstić information content (AvgIpc) is 2.66. The van der Waals surface area contributed by atoms with Crippen molar-refractivity contribution in [2.45, 2.75) is 26.7 Å². The summed E-state index contributed by atoms with van der Waals surface area (Å²) in [7, 11) is 0. The Kier molecular flexibility index (Phi) is 4.66. The molecule has 7 nitrogen and oxygen atoms in total. The smallest absolute Gasteiger partial charge is 0.227 e. The largest absolute Gasteiger partial charge is 0.478 e. The van der Waals surface area contributed by atoms with Crippen LogP contribution in [0.1, 0.15) is 36.7 Å². The second-order valence-electron chi connectivity index (χ2n) is 7.04. The standard InChI is InChI=1S/C22H21N3O4/c1-4-28-22-19-15(8-9-24-22)25-12(3)17(21(23)27)18(19)14-7-5-6-13-16(26)10-11(2)29-20(13)14/h5-10,17-18H,4H2,1-3H3,(H2,23,27). The van der Waals surface area contributed by atoms with Crippen molar-refractivity contribution in [3.63, 3.8) is 0 Å². The zero-order valence-electron chi connectivity index (χ0n) is 16.4. The van der Waals surface area contributed by atoms with Gasteiger partial charge in [-0.2, -0.15) is 0 Å². The van der Waals surface area contributed by atoms with E-state index in [1.54, 1.807) is 38.2 Å². The minimum atomic E-state index is -0.720. The van der Waals surface area contributed by atoms with E-state index < -0.39 is 17.7 Å². The van der Waals surface area contributed by atoms with Crippen molar-refractivity contribution in [1.29, 1.82) is 0 Å². The third-order valence-corrected chi connectivity index (χ3v) is 5.15. The van der Waals surface area contributed by atoms with Gasteiger partial charge in [-0.15, -0.1) is 0 Å². The van der Waals surface area contributed by atoms with E-state index >= 15 is 0 Å². The lowest BCUT2D eigenvalue weighted by Crippen LogP contribution is -2.36. The number of rotatable bonds is 4. The molecule has 0 bridgehead atoms. The molecular weight excluding hydrogens is 370 g/mol. The first-order valence-electron chi connectivity index (χ1n) is 9.42. The topological polar surface area (TPSA) is 108 Å². The van der Waals surface area contributed by atoms with Crippen LogP contribution in [0.15, 0.2) is 50.7 Å². The first-order valence-corrected chi connectivity index (χ1v) is 9.42. The highest BCUT2D eigenvalue weighted by Crippen LogP contribution is 2.47. The van der Waals surface area contributed by atoms with Gasteiger partial charge in [0, 0.05) is 35.0 Å². The lowest BCUT2D eigenvalue weighted by molar-refractivity contribution is -0.120. The number of aliphatic imine (C=N–C) groups is 1. The lowest BCUT2D eigenvalue weighted by Gasteiger charge is -2.31. The number of amides is 1. The summed E-state index contributed by atoms with van der Waals surface area (Å²) in [6.45, 7) is 5.76. The molecular formula is C22H21N3O4. The van der Waals surface area contributed by atoms with Crippen molar-refractivity contribution in [2.75, 3.05) is 6.61 Å². The van der Waals surface area contributed by atoms with E-state index in [1.165, 1.54) is 6.07 Å². The summed E-state index contributed by atoms with van der Waals surface area (Å²) < 4.78 is 11.7. The zero-order valence-corrected chi connectivity index (χ0v) is 16.4. The van der Waals surface area contributed by atoms with Gasteiger partial charge in [0.1, 0.15) is 11.3 Å². The number of carbonyl (C=O) groups excluding carboxylic acids is 1. The summed E-state index contributed by atoms with van der Waals surface area (Å²) >= 11 is 0. The van der Waals surface area contributed by atoms with Gasteiger partial charge in [0.15, 0.2) is 5.43 Å². The average molecular weight is 391 g/mol. The Balaban J connectivity index is 2.09. The number of ether oxygens (including phenoxy) is 1. The molecule has 2 aromatic heterocycles. The van der Waals surface area contributed by atoms with Gasteiger partial charge in [-0.3, -0.25) is 14.6 Å². The first kappa shape index (κ1) is 18.9. The highest BCUT2D eigenvalue weighted by atomic mass is 16.5. The Morgan fingerprint density at radius 2 is 2.07 bits per heavy atom. The van der Waals surface area contributed by atoms with Gasteiger partial charge in [0.05, 0.1) is 23.6 Å². The van der Waals surface area contributed by atoms with Crippen molar-refractivity contribution < 1.29 is 13.9 Å². The van der Waals surface area contributed by atoms with Crippen LogP contribution in [0.5, 0.6) is 5.88 Å². The molecule has 1 aromatic carbocycles. The molecule has 3 aromatic rings. The maximum atomic E-state index is 12.5. The van der Waals surface area contributed by atoms with E-state index in [4.69, 9.17) is 14.9 Å². The first-order chi connectivity index (χ1) is 13.9. The second-order valence-corrected chi connectivity index (χ2v) is 7.04. The van der Waals surface area contributed by atoms with Crippen LogP contribution in [0.3, 0.4) is 0 Å². The number of hydrogen-bond donors (Lipinski definition) is 1. The molecule has 1 amide bonds. The van der Waals surface area contributed by atoms with E-state index in [-0.39, 0.29) is 5.43 Å². The number of benzene rings is 1. The second kappa shape index (κ2) is 7.16. The van der Waals surface area contributed by atoms with Crippen molar-refractivity contribution in [1.82, 2.24) is 4.98 Å². The summed E-state index contributed by atoms with van der Waals surface area (Å²) in [5.41, 5.74) is 8.69. The molecule has 29 heavy (non-hydrogen) atoms. The molecule has 1 aliphatic rings. The van der Waals surface area contributed by atoms with E-state index in [1.807, 2.05) is 13.0 Å². The van der Waals surface area contributed by atoms with Crippen LogP contribution in [0.2, 0.25) is 0 Å². The highest BCUT2D eigenvalue weighted by molar-refractivity contribution is 6.07. The van der Waals surface area contributed by atoms with Gasteiger partial charge in [0.2, 0.25) is 11.8 Å². The number of para-hydroxylation sites is 1. The number of carbonyl (C=O) groups is 1. The summed E-state index contributed by atoms with van der Waals surface area (Å²) in [4.78, 5) is 33.9. The summed E-state index contributed by atoms with van der Waals surface area (Å²) in [6.07, 6.45) is 1.62. The Hall–Kier alpha value is -3.48. The number of nitrogens with zero attached hydrogens (tertiary/aromatic N) is 2. The Labute approximate surface area is 167 Å². The molecule has 7 heteroatoms. The predicted octanol–water partition coefficient (Wildman–Crippen LogP) is 3.23. The number of aryl methyl sites for hydroxylation is 1. The molecule has 0 fully saturated rings. The van der Waals surface area contributed by atoms with Gasteiger partial charge in [0.25, 0.3) is 0 Å². The van der Waals surface area contributed by atoms with Crippen LogP contribution in [0, 0.1) is 12.8 Å². The normalized spacial score (nSPS) is 18.2. The number of aromatic nitrogens is 1. The van der Waals surface area contributed by atoms with Crippen LogP contribution in [-0.4, -0.2) is 23.2 Å². The summed E-state index contributed by atoms with van der Waals surface area (Å²) in [5, 5.41) is 0.444. The number of primary amides is 1. The Morgan fingerprint density at radius 1 is 1.28 bits per heavy atom. The van der Waals surface area contributed by atoms with Crippen LogP contribution in [0.4, 0.5) is 5.69 Å². The lowest BCUT2D eigenvalue weighted by atomic mass is 9.75. The molecule has 4 rings (SSSR count). The van der Waals surface area contributed by atoms with Crippen LogP contribution in [0.25, 0.3) is 11.0 Å². The molecule has 3 heterocycles. The molecule has 0 radical (unpaired) electrons. The number of hydrogen-bond acceptors (Lipinski definition) is 6. The van der Waals surface area contributed by atoms with Crippen molar-refractivity contribution in [3.05, 3.63) is 63.6 Å². The third-order valence-electron chi connectivity index (χ3n) is 5.15. The molecule has 2 atom stereocenters. The van der Waals surface area contributed by atoms with Crippen LogP contribution in [-0.2, 0) is 4.79 Å². The summed E-state index contributed by atoms with van der Waals surface area (Å²) in [5.74, 6) is -0.890. The van der Waals surface area contributed by atoms with Crippen LogP contribution < -0.4 is 15.9 Å². The number of nitrogens with two attached hydrogens (primary N) is 1. The fraction of sp³-hybridized carbons (Fsp3) is 0.273. The minimum Gasteiger partial charge on any atom is -0.478 e. The van der Waals surface area contributed by atoms with E-state index in [2.05, 4.69) is 9.98 Å². The molecule has 0 saturated heterocycles. The van der Waals surface area contributed by atoms with E-state index in [0.29, 0.717) is 51.7 Å². The predicted molar refractivity (Wildman–Crippen MR) is 110 cm³/mol. The number of pyridine rings is 1. The fourth-order valence-corrected chi connectivity index (χ4v) is 4.02. The summed E-state index contributed by atoms with van der Waals surface area (Å²) in [6, 6.07) is 8.56. The molecule has 2 unspecified atom stereocenters. The zero-order chi connectivity index (χ0) is 20.7. The minimum absolute atomic E-state index is 0.140. The fourth-order valence-electron chi connectivity index (χ4n) is 4.02. The monoisotopic (exact) mass is 391 g/mol. The molecule has 148 valence electrons. The molecule has 1 aliphatic heterocycles. The van der Waals surface area contributed by atoms with Gasteiger partial charge in [-0.1, -0.05) is 12.1 Å². The Bertz CT molecular complexity index is 1210. The Morgan fingerprint density at radius 3 is 2.79 bits per heavy atom. The van der Waals surface area contributed by atoms with Crippen LogP contribution >= 0.6 is 0 Å². The molecule has 2 N–H and O–H groups in total. The van der Waals surface area contributed by atoms with Gasteiger partial charge in [-0.05, 0) is 32.9 Å². The maximum Gasteiger partial charge on any atom is 0.227 e. The van der Waals surface area contributed by atoms with Gasteiger partial charge < -0.3 is 14.9 Å². The highest BCUT2D eigenvalue weighted by Gasteiger charge is 2.40. The van der Waals surface area contributed by atoms with Crippen molar-refractivity contribution in [2.24, 2.45) is 16.6 Å². The maximum absolute atomic E-state index is 12.5. The number of fused-ring (bicyclic) bond motifs is 2. The molecule has 0 spiro atoms. The van der Waals surface area contributed by atoms with Gasteiger partial charge >= 0.3 is 0 Å².